The molecule has 0 aromatic heterocycles. The van der Waals surface area contributed by atoms with Crippen molar-refractivity contribution >= 4 is 11.8 Å². The van der Waals surface area contributed by atoms with E-state index in [1.807, 2.05) is 6.08 Å². The molecule has 7 nitrogen and oxygen atoms in total. The van der Waals surface area contributed by atoms with E-state index in [1.54, 1.807) is 6.08 Å². The molecular formula is C22H33N5O2. The molecule has 0 radical (unpaired) electrons. The molecule has 3 N–H and O–H groups in total. The molecule has 0 aromatic rings. The highest BCUT2D eigenvalue weighted by atomic mass is 16.2. The molecule has 29 heavy (non-hydrogen) atoms. The van der Waals surface area contributed by atoms with Crippen LogP contribution in [0.3, 0.4) is 0 Å². The van der Waals surface area contributed by atoms with Gasteiger partial charge in [-0.25, -0.2) is 0 Å². The summed E-state index contributed by atoms with van der Waals surface area (Å²) in [6, 6.07) is 2.16. The van der Waals surface area contributed by atoms with E-state index in [2.05, 4.69) is 42.1 Å². The van der Waals surface area contributed by atoms with E-state index < -0.39 is 22.8 Å². The van der Waals surface area contributed by atoms with Gasteiger partial charge in [0.05, 0.1) is 6.07 Å². The predicted octanol–water partition coefficient (Wildman–Crippen LogP) is 1.53. The molecule has 2 aliphatic carbocycles. The third-order valence-corrected chi connectivity index (χ3v) is 6.65. The Hall–Kier alpha value is -2.33. The number of nitriles is 1. The van der Waals surface area contributed by atoms with Crippen LogP contribution >= 0.6 is 0 Å². The van der Waals surface area contributed by atoms with Gasteiger partial charge in [0, 0.05) is 31.9 Å². The maximum Gasteiger partial charge on any atom is 0.241 e. The summed E-state index contributed by atoms with van der Waals surface area (Å²) in [6.45, 7) is 8.12. The number of amides is 2. The van der Waals surface area contributed by atoms with E-state index in [0.717, 1.165) is 50.3 Å². The maximum absolute atomic E-state index is 13.2. The van der Waals surface area contributed by atoms with Crippen LogP contribution in [0.2, 0.25) is 0 Å². The average Bonchev–Trinajstić information content (AvgIpc) is 3.48. The van der Waals surface area contributed by atoms with Crippen molar-refractivity contribution in [3.8, 4) is 6.07 Å². The summed E-state index contributed by atoms with van der Waals surface area (Å²) >= 11 is 0. The number of nitrogens with one attached hydrogen (secondary N) is 1. The molecule has 3 aliphatic rings. The van der Waals surface area contributed by atoms with E-state index in [-0.39, 0.29) is 12.3 Å². The van der Waals surface area contributed by atoms with E-state index in [0.29, 0.717) is 12.8 Å². The van der Waals surface area contributed by atoms with E-state index >= 15 is 0 Å². The number of nitrogens with two attached hydrogens (primary N) is 1. The van der Waals surface area contributed by atoms with E-state index in [9.17, 15) is 14.9 Å². The molecule has 1 heterocycles. The standard InChI is InChI=1S/C22H33N5O2/c1-4-5-16(2)17-14-22(19(24)28,20(29)25-21(15-23)8-9-21)7-6-18(17)27-12-10-26(3)11-13-27/h6-7,16H,4-5,8-14H2,1-3H3,(H2,24,28)(H,25,29). The minimum absolute atomic E-state index is 0.247. The van der Waals surface area contributed by atoms with Gasteiger partial charge in [-0.2, -0.15) is 5.26 Å². The molecule has 1 saturated carbocycles. The van der Waals surface area contributed by atoms with Gasteiger partial charge in [0.2, 0.25) is 11.8 Å². The van der Waals surface area contributed by atoms with Gasteiger partial charge in [0.15, 0.2) is 0 Å². The molecule has 3 rings (SSSR count). The van der Waals surface area contributed by atoms with Crippen molar-refractivity contribution in [3.05, 3.63) is 23.4 Å². The van der Waals surface area contributed by atoms with Gasteiger partial charge < -0.3 is 20.9 Å². The van der Waals surface area contributed by atoms with E-state index in [1.165, 1.54) is 0 Å². The molecule has 1 saturated heterocycles. The van der Waals surface area contributed by atoms with Gasteiger partial charge in [0.25, 0.3) is 0 Å². The first-order chi connectivity index (χ1) is 13.8. The largest absolute Gasteiger partial charge is 0.369 e. The lowest BCUT2D eigenvalue weighted by Crippen LogP contribution is -2.53. The molecule has 7 heteroatoms. The number of primary amides is 1. The van der Waals surface area contributed by atoms with Crippen LogP contribution in [-0.2, 0) is 9.59 Å². The zero-order valence-corrected chi connectivity index (χ0v) is 17.8. The lowest BCUT2D eigenvalue weighted by atomic mass is 9.72. The second-order valence-electron chi connectivity index (χ2n) is 8.88. The number of rotatable bonds is 7. The maximum atomic E-state index is 13.2. The molecule has 2 atom stereocenters. The lowest BCUT2D eigenvalue weighted by molar-refractivity contribution is -0.139. The Morgan fingerprint density at radius 1 is 1.31 bits per heavy atom. The Balaban J connectivity index is 1.92. The topological polar surface area (TPSA) is 102 Å². The van der Waals surface area contributed by atoms with Gasteiger partial charge in [-0.1, -0.05) is 26.3 Å². The number of piperazine rings is 1. The Kier molecular flexibility index (Phi) is 6.04. The Labute approximate surface area is 173 Å². The van der Waals surface area contributed by atoms with Gasteiger partial charge in [0.1, 0.15) is 11.0 Å². The highest BCUT2D eigenvalue weighted by molar-refractivity contribution is 6.07. The highest BCUT2D eigenvalue weighted by Gasteiger charge is 2.52. The molecule has 158 valence electrons. The number of nitrogens with zero attached hydrogens (tertiary/aromatic N) is 3. The summed E-state index contributed by atoms with van der Waals surface area (Å²) in [6.07, 6.45) is 7.14. The van der Waals surface area contributed by atoms with Crippen LogP contribution in [0.25, 0.3) is 0 Å². The van der Waals surface area contributed by atoms with Gasteiger partial charge >= 0.3 is 0 Å². The lowest BCUT2D eigenvalue weighted by Gasteiger charge is -2.40. The number of carbonyl (C=O) groups is 2. The minimum atomic E-state index is -1.43. The summed E-state index contributed by atoms with van der Waals surface area (Å²) in [5.41, 5.74) is 5.78. The van der Waals surface area contributed by atoms with Crippen molar-refractivity contribution in [1.82, 2.24) is 15.1 Å². The number of carbonyl (C=O) groups excluding carboxylic acids is 2. The predicted molar refractivity (Wildman–Crippen MR) is 111 cm³/mol. The number of allylic oxidation sites excluding steroid dienone is 2. The monoisotopic (exact) mass is 399 g/mol. The van der Waals surface area contributed by atoms with Crippen LogP contribution in [0.5, 0.6) is 0 Å². The van der Waals surface area contributed by atoms with Gasteiger partial charge in [-0.05, 0) is 50.3 Å². The fraction of sp³-hybridized carbons (Fsp3) is 0.682. The number of hydrogen-bond acceptors (Lipinski definition) is 5. The fourth-order valence-corrected chi connectivity index (χ4v) is 4.32. The molecule has 2 unspecified atom stereocenters. The van der Waals surface area contributed by atoms with Gasteiger partial charge in [-0.15, -0.1) is 0 Å². The zero-order valence-electron chi connectivity index (χ0n) is 17.8. The van der Waals surface area contributed by atoms with Crippen molar-refractivity contribution in [2.75, 3.05) is 33.2 Å². The highest BCUT2D eigenvalue weighted by Crippen LogP contribution is 2.42. The number of likely N-dealkylation sites (N-methyl/N-ethyl adjacent to an activating group) is 1. The summed E-state index contributed by atoms with van der Waals surface area (Å²) in [5, 5.41) is 12.2. The molecule has 0 aromatic carbocycles. The average molecular weight is 400 g/mol. The normalized spacial score (nSPS) is 27.3. The first kappa shape index (κ1) is 21.4. The molecule has 0 spiro atoms. The van der Waals surface area contributed by atoms with Crippen LogP contribution < -0.4 is 11.1 Å². The summed E-state index contributed by atoms with van der Waals surface area (Å²) in [7, 11) is 2.12. The molecule has 2 amide bonds. The fourth-order valence-electron chi connectivity index (χ4n) is 4.32. The molecular weight excluding hydrogens is 366 g/mol. The van der Waals surface area contributed by atoms with Crippen molar-refractivity contribution in [2.24, 2.45) is 17.1 Å². The minimum Gasteiger partial charge on any atom is -0.369 e. The van der Waals surface area contributed by atoms with Crippen molar-refractivity contribution in [3.63, 3.8) is 0 Å². The van der Waals surface area contributed by atoms with Gasteiger partial charge in [-0.3, -0.25) is 9.59 Å². The van der Waals surface area contributed by atoms with Crippen LogP contribution in [0.4, 0.5) is 0 Å². The third-order valence-electron chi connectivity index (χ3n) is 6.65. The van der Waals surface area contributed by atoms with Crippen LogP contribution in [0.1, 0.15) is 46.0 Å². The smallest absolute Gasteiger partial charge is 0.241 e. The Morgan fingerprint density at radius 2 is 1.97 bits per heavy atom. The zero-order chi connectivity index (χ0) is 21.2. The second kappa shape index (κ2) is 8.19. The first-order valence-electron chi connectivity index (χ1n) is 10.7. The van der Waals surface area contributed by atoms with E-state index in [4.69, 9.17) is 5.73 Å². The molecule has 2 fully saturated rings. The number of hydrogen-bond donors (Lipinski definition) is 2. The SMILES string of the molecule is CCCC(C)C1=C(N2CCN(C)CC2)C=CC(C(N)=O)(C(=O)NC2(C#N)CC2)C1. The summed E-state index contributed by atoms with van der Waals surface area (Å²) in [5.74, 6) is -0.852. The summed E-state index contributed by atoms with van der Waals surface area (Å²) in [4.78, 5) is 30.4. The summed E-state index contributed by atoms with van der Waals surface area (Å²) < 4.78 is 0. The second-order valence-corrected chi connectivity index (χ2v) is 8.88. The van der Waals surface area contributed by atoms with Crippen LogP contribution in [0.15, 0.2) is 23.4 Å². The van der Waals surface area contributed by atoms with Crippen molar-refractivity contribution < 1.29 is 9.59 Å². The third kappa shape index (κ3) is 4.18. The Morgan fingerprint density at radius 3 is 2.48 bits per heavy atom. The first-order valence-corrected chi connectivity index (χ1v) is 10.7. The quantitative estimate of drug-likeness (QED) is 0.632. The van der Waals surface area contributed by atoms with Crippen LogP contribution in [-0.4, -0.2) is 60.4 Å². The van der Waals surface area contributed by atoms with Crippen LogP contribution in [0, 0.1) is 22.7 Å². The van der Waals surface area contributed by atoms with Crippen molar-refractivity contribution in [2.45, 2.75) is 51.5 Å². The molecule has 1 aliphatic heterocycles. The van der Waals surface area contributed by atoms with Crippen molar-refractivity contribution in [1.29, 1.82) is 5.26 Å². The molecule has 0 bridgehead atoms. The Bertz CT molecular complexity index is 769.